The predicted molar refractivity (Wildman–Crippen MR) is 145 cm³/mol. The molecule has 0 saturated carbocycles. The maximum Gasteiger partial charge on any atom is 0.147 e. The summed E-state index contributed by atoms with van der Waals surface area (Å²) in [5.41, 5.74) is 17.4. The average molecular weight is 481 g/mol. The van der Waals surface area contributed by atoms with Crippen LogP contribution in [0, 0.1) is 0 Å². The third kappa shape index (κ3) is 6.05. The summed E-state index contributed by atoms with van der Waals surface area (Å²) in [6.45, 7) is 4.67. The number of benzene rings is 4. The summed E-state index contributed by atoms with van der Waals surface area (Å²) in [5, 5.41) is 0. The molecule has 0 aliphatic heterocycles. The normalized spacial score (nSPS) is 12.5. The minimum Gasteiger partial charge on any atom is -0.487 e. The molecule has 5 heteroatoms. The van der Waals surface area contributed by atoms with Crippen molar-refractivity contribution in [2.75, 3.05) is 11.5 Å². The summed E-state index contributed by atoms with van der Waals surface area (Å²) < 4.78 is 11.7. The van der Waals surface area contributed by atoms with Gasteiger partial charge >= 0.3 is 0 Å². The SMILES string of the molecule is CC(C(=O)C(C)c1ccc(OCc2ccccc2)c(N)c1)c1ccc(OCc2ccccc2)c(N)c1. The molecule has 0 amide bonds. The molecule has 2 atom stereocenters. The van der Waals surface area contributed by atoms with Gasteiger partial charge in [0.1, 0.15) is 30.5 Å². The molecule has 0 aliphatic carbocycles. The van der Waals surface area contributed by atoms with Gasteiger partial charge in [-0.05, 0) is 46.5 Å². The monoisotopic (exact) mass is 480 g/mol. The van der Waals surface area contributed by atoms with E-state index in [1.54, 1.807) is 0 Å². The molecule has 5 nitrogen and oxygen atoms in total. The largest absolute Gasteiger partial charge is 0.487 e. The van der Waals surface area contributed by atoms with Crippen LogP contribution in [0.5, 0.6) is 11.5 Å². The van der Waals surface area contributed by atoms with Crippen molar-refractivity contribution in [3.63, 3.8) is 0 Å². The number of ketones is 1. The first-order valence-corrected chi connectivity index (χ1v) is 12.1. The highest BCUT2D eigenvalue weighted by Gasteiger charge is 2.24. The van der Waals surface area contributed by atoms with Crippen LogP contribution in [0.3, 0.4) is 0 Å². The molecule has 4 N–H and O–H groups in total. The van der Waals surface area contributed by atoms with E-state index in [2.05, 4.69) is 0 Å². The maximum absolute atomic E-state index is 13.3. The van der Waals surface area contributed by atoms with Crippen LogP contribution in [0.15, 0.2) is 97.1 Å². The molecule has 4 rings (SSSR count). The van der Waals surface area contributed by atoms with E-state index < -0.39 is 0 Å². The minimum absolute atomic E-state index is 0.0877. The molecule has 0 heterocycles. The standard InChI is InChI=1S/C31H32N2O3/c1-21(25-13-15-29(27(32)17-25)35-19-23-9-5-3-6-10-23)31(34)22(2)26-14-16-30(28(33)18-26)36-20-24-11-7-4-8-12-24/h3-18,21-22H,19-20,32-33H2,1-2H3. The van der Waals surface area contributed by atoms with Crippen molar-refractivity contribution in [1.29, 1.82) is 0 Å². The summed E-state index contributed by atoms with van der Waals surface area (Å²) in [4.78, 5) is 13.3. The predicted octanol–water partition coefficient (Wildman–Crippen LogP) is 6.49. The first-order valence-electron chi connectivity index (χ1n) is 12.1. The van der Waals surface area contributed by atoms with Crippen LogP contribution in [0.25, 0.3) is 0 Å². The number of nitrogen functional groups attached to an aromatic ring is 2. The summed E-state index contributed by atoms with van der Waals surface area (Å²) in [7, 11) is 0. The molecule has 4 aromatic carbocycles. The third-order valence-corrected chi connectivity index (χ3v) is 6.40. The smallest absolute Gasteiger partial charge is 0.147 e. The minimum atomic E-state index is -0.333. The summed E-state index contributed by atoms with van der Waals surface area (Å²) >= 11 is 0. The Kier molecular flexibility index (Phi) is 7.91. The van der Waals surface area contributed by atoms with E-state index >= 15 is 0 Å². The van der Waals surface area contributed by atoms with Gasteiger partial charge in [0.2, 0.25) is 0 Å². The molecule has 0 saturated heterocycles. The number of nitrogens with two attached hydrogens (primary N) is 2. The Morgan fingerprint density at radius 3 is 1.39 bits per heavy atom. The van der Waals surface area contributed by atoms with Crippen LogP contribution < -0.4 is 20.9 Å². The van der Waals surface area contributed by atoms with Gasteiger partial charge in [-0.2, -0.15) is 0 Å². The van der Waals surface area contributed by atoms with Gasteiger partial charge in [0.15, 0.2) is 0 Å². The molecule has 184 valence electrons. The quantitative estimate of drug-likeness (QED) is 0.254. The van der Waals surface area contributed by atoms with Crippen molar-refractivity contribution < 1.29 is 14.3 Å². The second kappa shape index (κ2) is 11.5. The Bertz CT molecular complexity index is 1210. The zero-order valence-corrected chi connectivity index (χ0v) is 20.7. The lowest BCUT2D eigenvalue weighted by Crippen LogP contribution is -2.17. The Balaban J connectivity index is 1.39. The van der Waals surface area contributed by atoms with Gasteiger partial charge in [-0.3, -0.25) is 4.79 Å². The van der Waals surface area contributed by atoms with Gasteiger partial charge < -0.3 is 20.9 Å². The third-order valence-electron chi connectivity index (χ3n) is 6.40. The zero-order valence-electron chi connectivity index (χ0n) is 20.7. The van der Waals surface area contributed by atoms with E-state index in [1.807, 2.05) is 111 Å². The lowest BCUT2D eigenvalue weighted by Gasteiger charge is -2.19. The lowest BCUT2D eigenvalue weighted by atomic mass is 9.85. The number of hydrogen-bond donors (Lipinski definition) is 2. The molecular weight excluding hydrogens is 448 g/mol. The van der Waals surface area contributed by atoms with Crippen molar-refractivity contribution in [1.82, 2.24) is 0 Å². The fourth-order valence-corrected chi connectivity index (χ4v) is 4.11. The number of rotatable bonds is 10. The van der Waals surface area contributed by atoms with Gasteiger partial charge in [0, 0.05) is 11.8 Å². The Morgan fingerprint density at radius 1 is 0.639 bits per heavy atom. The van der Waals surface area contributed by atoms with Crippen molar-refractivity contribution in [3.05, 3.63) is 119 Å². The zero-order chi connectivity index (χ0) is 25.5. The van der Waals surface area contributed by atoms with Crippen molar-refractivity contribution in [3.8, 4) is 11.5 Å². The van der Waals surface area contributed by atoms with Crippen molar-refractivity contribution in [2.24, 2.45) is 0 Å². The van der Waals surface area contributed by atoms with Crippen molar-refractivity contribution in [2.45, 2.75) is 38.9 Å². The van der Waals surface area contributed by atoms with Crippen LogP contribution in [0.1, 0.15) is 47.9 Å². The first-order chi connectivity index (χ1) is 17.4. The highest BCUT2D eigenvalue weighted by atomic mass is 16.5. The summed E-state index contributed by atoms with van der Waals surface area (Å²) in [6.07, 6.45) is 0. The second-order valence-corrected chi connectivity index (χ2v) is 8.99. The molecule has 0 spiro atoms. The molecule has 0 bridgehead atoms. The number of Topliss-reactive ketones (excluding diaryl/α,β-unsaturated/α-hetero) is 1. The van der Waals surface area contributed by atoms with Gasteiger partial charge in [-0.1, -0.05) is 86.6 Å². The van der Waals surface area contributed by atoms with E-state index in [4.69, 9.17) is 20.9 Å². The van der Waals surface area contributed by atoms with Crippen LogP contribution in [-0.2, 0) is 18.0 Å². The van der Waals surface area contributed by atoms with Crippen LogP contribution >= 0.6 is 0 Å². The highest BCUT2D eigenvalue weighted by Crippen LogP contribution is 2.33. The maximum atomic E-state index is 13.3. The molecular formula is C31H32N2O3. The topological polar surface area (TPSA) is 87.6 Å². The fourth-order valence-electron chi connectivity index (χ4n) is 4.11. The Hall–Kier alpha value is -4.25. The lowest BCUT2D eigenvalue weighted by molar-refractivity contribution is -0.121. The van der Waals surface area contributed by atoms with Crippen LogP contribution in [0.2, 0.25) is 0 Å². The van der Waals surface area contributed by atoms with E-state index in [0.717, 1.165) is 22.3 Å². The molecule has 2 unspecified atom stereocenters. The van der Waals surface area contributed by atoms with E-state index in [0.29, 0.717) is 36.1 Å². The van der Waals surface area contributed by atoms with Gasteiger partial charge in [0.05, 0.1) is 11.4 Å². The number of ether oxygens (including phenoxy) is 2. The van der Waals surface area contributed by atoms with Gasteiger partial charge in [0.25, 0.3) is 0 Å². The van der Waals surface area contributed by atoms with Crippen LogP contribution in [-0.4, -0.2) is 5.78 Å². The number of carbonyl (C=O) groups is 1. The van der Waals surface area contributed by atoms with E-state index in [9.17, 15) is 4.79 Å². The highest BCUT2D eigenvalue weighted by molar-refractivity contribution is 5.91. The first kappa shape index (κ1) is 24.9. The molecule has 36 heavy (non-hydrogen) atoms. The fraction of sp³-hybridized carbons (Fsp3) is 0.194. The Morgan fingerprint density at radius 2 is 1.03 bits per heavy atom. The molecule has 0 aromatic heterocycles. The van der Waals surface area contributed by atoms with Crippen molar-refractivity contribution >= 4 is 17.2 Å². The summed E-state index contributed by atoms with van der Waals surface area (Å²) in [5.74, 6) is 0.634. The van der Waals surface area contributed by atoms with Crippen LogP contribution in [0.4, 0.5) is 11.4 Å². The number of anilines is 2. The van der Waals surface area contributed by atoms with Gasteiger partial charge in [-0.15, -0.1) is 0 Å². The molecule has 0 radical (unpaired) electrons. The molecule has 0 fully saturated rings. The van der Waals surface area contributed by atoms with E-state index in [1.165, 1.54) is 0 Å². The molecule has 0 aliphatic rings. The van der Waals surface area contributed by atoms with Gasteiger partial charge in [-0.25, -0.2) is 0 Å². The number of carbonyl (C=O) groups excluding carboxylic acids is 1. The number of hydrogen-bond acceptors (Lipinski definition) is 5. The second-order valence-electron chi connectivity index (χ2n) is 8.99. The average Bonchev–Trinajstić information content (AvgIpc) is 2.91. The van der Waals surface area contributed by atoms with E-state index in [-0.39, 0.29) is 17.6 Å². The molecule has 4 aromatic rings. The summed E-state index contributed by atoms with van der Waals surface area (Å²) in [6, 6.07) is 30.9. The Labute approximate surface area is 212 Å².